The van der Waals surface area contributed by atoms with Gasteiger partial charge in [-0.1, -0.05) is 5.16 Å². The van der Waals surface area contributed by atoms with Gasteiger partial charge >= 0.3 is 0 Å². The van der Waals surface area contributed by atoms with Crippen LogP contribution in [0, 0.1) is 13.8 Å². The fourth-order valence-corrected chi connectivity index (χ4v) is 2.01. The van der Waals surface area contributed by atoms with Gasteiger partial charge in [0.15, 0.2) is 0 Å². The first-order valence-electron chi connectivity index (χ1n) is 5.86. The lowest BCUT2D eigenvalue weighted by Crippen LogP contribution is -2.27. The van der Waals surface area contributed by atoms with Gasteiger partial charge in [-0.25, -0.2) is 0 Å². The van der Waals surface area contributed by atoms with Crippen LogP contribution in [-0.4, -0.2) is 21.2 Å². The van der Waals surface area contributed by atoms with Crippen molar-refractivity contribution < 1.29 is 14.4 Å². The topological polar surface area (TPSA) is 88.3 Å². The van der Waals surface area contributed by atoms with Crippen molar-refractivity contribution in [2.45, 2.75) is 26.8 Å². The monoisotopic (exact) mass is 261 g/mol. The van der Waals surface area contributed by atoms with E-state index in [0.29, 0.717) is 11.3 Å². The summed E-state index contributed by atoms with van der Waals surface area (Å²) >= 11 is 0. The molecular formula is C13H15N3O3. The van der Waals surface area contributed by atoms with Gasteiger partial charge in [-0.15, -0.1) is 0 Å². The average molecular weight is 261 g/mol. The molecule has 2 N–H and O–H groups in total. The molecule has 19 heavy (non-hydrogen) atoms. The summed E-state index contributed by atoms with van der Waals surface area (Å²) in [5.41, 5.74) is 1.92. The Morgan fingerprint density at radius 3 is 2.74 bits per heavy atom. The molecule has 0 spiro atoms. The summed E-state index contributed by atoms with van der Waals surface area (Å²) in [7, 11) is 0. The van der Waals surface area contributed by atoms with Gasteiger partial charge in [-0.3, -0.25) is 9.78 Å². The van der Waals surface area contributed by atoms with E-state index in [9.17, 15) is 9.90 Å². The van der Waals surface area contributed by atoms with Crippen molar-refractivity contribution in [1.82, 2.24) is 15.5 Å². The van der Waals surface area contributed by atoms with Gasteiger partial charge < -0.3 is 14.9 Å². The first-order valence-corrected chi connectivity index (χ1v) is 5.86. The summed E-state index contributed by atoms with van der Waals surface area (Å²) in [4.78, 5) is 15.8. The molecular weight excluding hydrogens is 246 g/mol. The molecule has 1 unspecified atom stereocenters. The molecule has 6 heteroatoms. The van der Waals surface area contributed by atoms with Crippen LogP contribution in [-0.2, 0) is 0 Å². The molecule has 1 amide bonds. The number of rotatable bonds is 3. The highest BCUT2D eigenvalue weighted by molar-refractivity contribution is 5.94. The van der Waals surface area contributed by atoms with Crippen LogP contribution in [0.25, 0.3) is 0 Å². The van der Waals surface area contributed by atoms with Gasteiger partial charge in [-0.05, 0) is 26.8 Å². The summed E-state index contributed by atoms with van der Waals surface area (Å²) in [6.45, 7) is 5.47. The lowest BCUT2D eigenvalue weighted by Gasteiger charge is -2.13. The third-order valence-corrected chi connectivity index (χ3v) is 2.86. The third-order valence-electron chi connectivity index (χ3n) is 2.86. The molecule has 0 bridgehead atoms. The Bertz CT molecular complexity index is 587. The zero-order valence-electron chi connectivity index (χ0n) is 11.0. The molecule has 0 aliphatic heterocycles. The molecule has 0 aliphatic rings. The lowest BCUT2D eigenvalue weighted by molar-refractivity contribution is 0.0939. The summed E-state index contributed by atoms with van der Waals surface area (Å²) in [6, 6.07) is 1.13. The molecule has 2 aromatic heterocycles. The average Bonchev–Trinajstić information content (AvgIpc) is 2.69. The molecule has 2 heterocycles. The van der Waals surface area contributed by atoms with E-state index in [4.69, 9.17) is 4.52 Å². The fourth-order valence-electron chi connectivity index (χ4n) is 2.01. The Balaban J connectivity index is 2.15. The maximum Gasteiger partial charge on any atom is 0.253 e. The summed E-state index contributed by atoms with van der Waals surface area (Å²) in [5, 5.41) is 16.0. The van der Waals surface area contributed by atoms with E-state index in [2.05, 4.69) is 15.5 Å². The third kappa shape index (κ3) is 2.73. The number of nitrogens with one attached hydrogen (secondary N) is 1. The molecule has 0 aliphatic carbocycles. The number of pyridine rings is 1. The molecule has 2 rings (SSSR count). The number of aryl methyl sites for hydroxylation is 2. The maximum absolute atomic E-state index is 12.0. The normalized spacial score (nSPS) is 12.2. The number of carbonyl (C=O) groups is 1. The molecule has 6 nitrogen and oxygen atoms in total. The second kappa shape index (κ2) is 5.09. The smallest absolute Gasteiger partial charge is 0.253 e. The summed E-state index contributed by atoms with van der Waals surface area (Å²) in [5.74, 6) is 0.327. The number of aromatic nitrogens is 2. The Morgan fingerprint density at radius 2 is 2.16 bits per heavy atom. The van der Waals surface area contributed by atoms with Gasteiger partial charge in [0.05, 0.1) is 23.5 Å². The minimum atomic E-state index is -0.309. The standard InChI is InChI=1S/C13H15N3O3/c1-7(12-8(2)16-19-9(12)3)15-13(18)10-4-11(17)6-14-5-10/h4-7,17H,1-3H3,(H,15,18). The summed E-state index contributed by atoms with van der Waals surface area (Å²) in [6.07, 6.45) is 2.67. The van der Waals surface area contributed by atoms with Crippen LogP contribution in [0.3, 0.4) is 0 Å². The molecule has 0 saturated carbocycles. The van der Waals surface area contributed by atoms with Crippen molar-refractivity contribution >= 4 is 5.91 Å². The van der Waals surface area contributed by atoms with Crippen molar-refractivity contribution in [3.05, 3.63) is 41.0 Å². The van der Waals surface area contributed by atoms with Crippen LogP contribution in [0.1, 0.15) is 40.3 Å². The molecule has 0 aromatic carbocycles. The zero-order chi connectivity index (χ0) is 14.0. The highest BCUT2D eigenvalue weighted by Crippen LogP contribution is 2.21. The van der Waals surface area contributed by atoms with Crippen molar-refractivity contribution in [2.75, 3.05) is 0 Å². The minimum absolute atomic E-state index is 0.0439. The molecule has 0 radical (unpaired) electrons. The van der Waals surface area contributed by atoms with Crippen molar-refractivity contribution in [3.8, 4) is 5.75 Å². The van der Waals surface area contributed by atoms with Gasteiger partial charge in [0, 0.05) is 11.8 Å². The van der Waals surface area contributed by atoms with Crippen molar-refractivity contribution in [2.24, 2.45) is 0 Å². The van der Waals surface area contributed by atoms with Crippen molar-refractivity contribution in [3.63, 3.8) is 0 Å². The number of aromatic hydroxyl groups is 1. The summed E-state index contributed by atoms with van der Waals surface area (Å²) < 4.78 is 5.07. The van der Waals surface area contributed by atoms with Gasteiger partial charge in [0.2, 0.25) is 0 Å². The molecule has 0 saturated heterocycles. The lowest BCUT2D eigenvalue weighted by atomic mass is 10.1. The molecule has 0 fully saturated rings. The van der Waals surface area contributed by atoms with Gasteiger partial charge in [-0.2, -0.15) is 0 Å². The quantitative estimate of drug-likeness (QED) is 0.880. The number of amides is 1. The fraction of sp³-hybridized carbons (Fsp3) is 0.308. The van der Waals surface area contributed by atoms with Crippen LogP contribution in [0.5, 0.6) is 5.75 Å². The Kier molecular flexibility index (Phi) is 3.50. The van der Waals surface area contributed by atoms with Crippen LogP contribution < -0.4 is 5.32 Å². The number of hydrogen-bond donors (Lipinski definition) is 2. The Labute approximate surface area is 110 Å². The zero-order valence-corrected chi connectivity index (χ0v) is 11.0. The molecule has 100 valence electrons. The Hall–Kier alpha value is -2.37. The first kappa shape index (κ1) is 13.1. The minimum Gasteiger partial charge on any atom is -0.506 e. The number of hydrogen-bond acceptors (Lipinski definition) is 5. The number of nitrogens with zero attached hydrogens (tertiary/aromatic N) is 2. The highest BCUT2D eigenvalue weighted by Gasteiger charge is 2.19. The van der Waals surface area contributed by atoms with E-state index in [0.717, 1.165) is 11.3 Å². The van der Waals surface area contributed by atoms with Crippen LogP contribution in [0.4, 0.5) is 0 Å². The largest absolute Gasteiger partial charge is 0.506 e. The Morgan fingerprint density at radius 1 is 1.42 bits per heavy atom. The van der Waals surface area contributed by atoms with E-state index in [1.165, 1.54) is 18.5 Å². The molecule has 1 atom stereocenters. The van der Waals surface area contributed by atoms with E-state index < -0.39 is 0 Å². The van der Waals surface area contributed by atoms with E-state index in [-0.39, 0.29) is 17.7 Å². The van der Waals surface area contributed by atoms with Crippen LogP contribution in [0.2, 0.25) is 0 Å². The van der Waals surface area contributed by atoms with Crippen LogP contribution >= 0.6 is 0 Å². The van der Waals surface area contributed by atoms with E-state index >= 15 is 0 Å². The molecule has 2 aromatic rings. The maximum atomic E-state index is 12.0. The number of carbonyl (C=O) groups excluding carboxylic acids is 1. The highest BCUT2D eigenvalue weighted by atomic mass is 16.5. The van der Waals surface area contributed by atoms with Crippen molar-refractivity contribution in [1.29, 1.82) is 0 Å². The predicted molar refractivity (Wildman–Crippen MR) is 67.8 cm³/mol. The van der Waals surface area contributed by atoms with Gasteiger partial charge in [0.25, 0.3) is 5.91 Å². The predicted octanol–water partition coefficient (Wildman–Crippen LogP) is 1.88. The van der Waals surface area contributed by atoms with E-state index in [1.807, 2.05) is 13.8 Å². The first-order chi connectivity index (χ1) is 8.99. The van der Waals surface area contributed by atoms with Crippen LogP contribution in [0.15, 0.2) is 23.0 Å². The van der Waals surface area contributed by atoms with Gasteiger partial charge in [0.1, 0.15) is 11.5 Å². The SMILES string of the molecule is Cc1noc(C)c1C(C)NC(=O)c1cncc(O)c1. The van der Waals surface area contributed by atoms with E-state index in [1.54, 1.807) is 6.92 Å². The second-order valence-corrected chi connectivity index (χ2v) is 4.36. The second-order valence-electron chi connectivity index (χ2n) is 4.36.